The van der Waals surface area contributed by atoms with Gasteiger partial charge in [-0.05, 0) is 6.26 Å². The molecule has 48 valence electrons. The minimum absolute atomic E-state index is 0.935. The molecule has 0 radical (unpaired) electrons. The molecule has 1 atom stereocenters. The summed E-state index contributed by atoms with van der Waals surface area (Å²) in [7, 11) is 0. The molecule has 0 aliphatic carbocycles. The summed E-state index contributed by atoms with van der Waals surface area (Å²) in [5, 5.41) is 8.15. The fourth-order valence-electron chi connectivity index (χ4n) is 0.215. The smallest absolute Gasteiger partial charge is 0.345 e. The molecular weight excluding hydrogens is 130 g/mol. The third kappa shape index (κ3) is 2.15. The Bertz CT molecular complexity index is 82.6. The van der Waals surface area contributed by atoms with Crippen LogP contribution >= 0.6 is 11.8 Å². The first-order valence-electron chi connectivity index (χ1n) is 1.83. The van der Waals surface area contributed by atoms with Gasteiger partial charge in [0.15, 0.2) is 0 Å². The molecule has 8 heavy (non-hydrogen) atoms. The van der Waals surface area contributed by atoms with E-state index in [0.717, 1.165) is 11.8 Å². The molecule has 0 aliphatic heterocycles. The number of carboxylic acids is 1. The number of hydrogen-bond donors (Lipinski definition) is 2. The zero-order valence-electron chi connectivity index (χ0n) is 4.33. The van der Waals surface area contributed by atoms with Crippen molar-refractivity contribution >= 4 is 17.7 Å². The van der Waals surface area contributed by atoms with Gasteiger partial charge < -0.3 is 5.11 Å². The van der Waals surface area contributed by atoms with Crippen molar-refractivity contribution in [3.8, 4) is 0 Å². The standard InChI is InChI=1S/C3H7NO3S/c1-8-3(7-4)2(5)6/h3H,4H2,1H3,(H,5,6). The van der Waals surface area contributed by atoms with Crippen LogP contribution in [0.3, 0.4) is 0 Å². The average Bonchev–Trinajstić information content (AvgIpc) is 1.69. The van der Waals surface area contributed by atoms with Gasteiger partial charge >= 0.3 is 5.97 Å². The summed E-state index contributed by atoms with van der Waals surface area (Å²) in [6.45, 7) is 0. The first-order chi connectivity index (χ1) is 3.72. The predicted octanol–water partition coefficient (Wildman–Crippen LogP) is -0.350. The third-order valence-corrected chi connectivity index (χ3v) is 1.28. The molecule has 0 fully saturated rings. The second-order valence-corrected chi connectivity index (χ2v) is 1.94. The maximum absolute atomic E-state index is 9.94. The van der Waals surface area contributed by atoms with E-state index in [1.54, 1.807) is 6.26 Å². The van der Waals surface area contributed by atoms with Crippen molar-refractivity contribution in [2.75, 3.05) is 6.26 Å². The van der Waals surface area contributed by atoms with Crippen LogP contribution < -0.4 is 5.90 Å². The molecule has 0 aromatic carbocycles. The van der Waals surface area contributed by atoms with Crippen molar-refractivity contribution in [3.63, 3.8) is 0 Å². The van der Waals surface area contributed by atoms with Crippen molar-refractivity contribution in [2.45, 2.75) is 5.44 Å². The summed E-state index contributed by atoms with van der Waals surface area (Å²) in [6.07, 6.45) is 1.60. The summed E-state index contributed by atoms with van der Waals surface area (Å²) in [6, 6.07) is 0. The third-order valence-electron chi connectivity index (χ3n) is 0.539. The first-order valence-corrected chi connectivity index (χ1v) is 3.12. The molecular formula is C3H7NO3S. The molecule has 0 amide bonds. The lowest BCUT2D eigenvalue weighted by Crippen LogP contribution is -2.22. The maximum Gasteiger partial charge on any atom is 0.345 e. The fraction of sp³-hybridized carbons (Fsp3) is 0.667. The van der Waals surface area contributed by atoms with Gasteiger partial charge in [-0.15, -0.1) is 11.8 Å². The van der Waals surface area contributed by atoms with E-state index in [4.69, 9.17) is 5.11 Å². The maximum atomic E-state index is 9.94. The quantitative estimate of drug-likeness (QED) is 0.411. The van der Waals surface area contributed by atoms with E-state index in [-0.39, 0.29) is 0 Å². The normalized spacial score (nSPS) is 13.2. The van der Waals surface area contributed by atoms with E-state index in [9.17, 15) is 4.79 Å². The van der Waals surface area contributed by atoms with Crippen LogP contribution in [0.15, 0.2) is 0 Å². The molecule has 3 N–H and O–H groups in total. The van der Waals surface area contributed by atoms with Gasteiger partial charge in [0.2, 0.25) is 5.44 Å². The lowest BCUT2D eigenvalue weighted by molar-refractivity contribution is -0.144. The van der Waals surface area contributed by atoms with Crippen LogP contribution in [0.1, 0.15) is 0 Å². The summed E-state index contributed by atoms with van der Waals surface area (Å²) in [5.41, 5.74) is -0.935. The van der Waals surface area contributed by atoms with Gasteiger partial charge in [0, 0.05) is 0 Å². The minimum atomic E-state index is -1.06. The van der Waals surface area contributed by atoms with E-state index in [1.807, 2.05) is 0 Å². The van der Waals surface area contributed by atoms with Crippen molar-refractivity contribution in [2.24, 2.45) is 5.90 Å². The number of carboxylic acid groups (broad SMARTS) is 1. The predicted molar refractivity (Wildman–Crippen MR) is 30.2 cm³/mol. The minimum Gasteiger partial charge on any atom is -0.479 e. The van der Waals surface area contributed by atoms with Gasteiger partial charge in [-0.3, -0.25) is 4.84 Å². The number of rotatable bonds is 3. The van der Waals surface area contributed by atoms with E-state index < -0.39 is 11.4 Å². The highest BCUT2D eigenvalue weighted by Gasteiger charge is 2.13. The largest absolute Gasteiger partial charge is 0.479 e. The summed E-state index contributed by atoms with van der Waals surface area (Å²) in [4.78, 5) is 14.0. The summed E-state index contributed by atoms with van der Waals surface area (Å²) < 4.78 is 0. The lowest BCUT2D eigenvalue weighted by atomic mass is 10.7. The van der Waals surface area contributed by atoms with Gasteiger partial charge in [0.1, 0.15) is 0 Å². The highest BCUT2D eigenvalue weighted by atomic mass is 32.2. The molecule has 0 saturated carbocycles. The van der Waals surface area contributed by atoms with Gasteiger partial charge in [-0.25, -0.2) is 10.7 Å². The Hall–Kier alpha value is -0.260. The molecule has 0 heterocycles. The molecule has 0 bridgehead atoms. The van der Waals surface area contributed by atoms with Gasteiger partial charge in [0.25, 0.3) is 0 Å². The molecule has 0 aliphatic rings. The van der Waals surface area contributed by atoms with Crippen LogP contribution in [-0.4, -0.2) is 22.8 Å². The average molecular weight is 137 g/mol. The molecule has 5 heteroatoms. The lowest BCUT2D eigenvalue weighted by Gasteiger charge is -2.02. The van der Waals surface area contributed by atoms with Crippen molar-refractivity contribution in [1.29, 1.82) is 0 Å². The number of carbonyl (C=O) groups is 1. The topological polar surface area (TPSA) is 72.5 Å². The highest BCUT2D eigenvalue weighted by Crippen LogP contribution is 2.04. The van der Waals surface area contributed by atoms with Crippen molar-refractivity contribution in [3.05, 3.63) is 0 Å². The number of aliphatic carboxylic acids is 1. The van der Waals surface area contributed by atoms with Crippen LogP contribution in [0.4, 0.5) is 0 Å². The Balaban J connectivity index is 3.52. The van der Waals surface area contributed by atoms with Crippen molar-refractivity contribution < 1.29 is 14.7 Å². The van der Waals surface area contributed by atoms with E-state index >= 15 is 0 Å². The zero-order valence-corrected chi connectivity index (χ0v) is 5.14. The Morgan fingerprint density at radius 1 is 2.00 bits per heavy atom. The summed E-state index contributed by atoms with van der Waals surface area (Å²) >= 11 is 1.03. The Labute approximate surface area is 51.0 Å². The van der Waals surface area contributed by atoms with Crippen LogP contribution in [0, 0.1) is 0 Å². The van der Waals surface area contributed by atoms with Crippen LogP contribution in [0.5, 0.6) is 0 Å². The van der Waals surface area contributed by atoms with Crippen molar-refractivity contribution in [1.82, 2.24) is 0 Å². The molecule has 0 saturated heterocycles. The molecule has 0 aromatic heterocycles. The Morgan fingerprint density at radius 3 is 2.50 bits per heavy atom. The molecule has 0 aromatic rings. The Morgan fingerprint density at radius 2 is 2.50 bits per heavy atom. The van der Waals surface area contributed by atoms with E-state index in [0.29, 0.717) is 0 Å². The van der Waals surface area contributed by atoms with Gasteiger partial charge in [-0.2, -0.15) is 0 Å². The number of nitrogens with two attached hydrogens (primary N) is 1. The second-order valence-electron chi connectivity index (χ2n) is 1.04. The van der Waals surface area contributed by atoms with Crippen LogP contribution in [0.2, 0.25) is 0 Å². The van der Waals surface area contributed by atoms with E-state index in [2.05, 4.69) is 10.7 Å². The highest BCUT2D eigenvalue weighted by molar-refractivity contribution is 7.99. The van der Waals surface area contributed by atoms with Gasteiger partial charge in [-0.1, -0.05) is 0 Å². The molecule has 1 unspecified atom stereocenters. The molecule has 0 spiro atoms. The summed E-state index contributed by atoms with van der Waals surface area (Å²) in [5.74, 6) is 3.53. The monoisotopic (exact) mass is 137 g/mol. The first kappa shape index (κ1) is 7.74. The molecule has 4 nitrogen and oxygen atoms in total. The SMILES string of the molecule is CSC(ON)C(=O)O. The molecule has 0 rings (SSSR count). The zero-order chi connectivity index (χ0) is 6.57. The Kier molecular flexibility index (Phi) is 3.59. The number of hydrogen-bond acceptors (Lipinski definition) is 4. The van der Waals surface area contributed by atoms with Gasteiger partial charge in [0.05, 0.1) is 0 Å². The van der Waals surface area contributed by atoms with Crippen LogP contribution in [-0.2, 0) is 9.63 Å². The van der Waals surface area contributed by atoms with Crippen LogP contribution in [0.25, 0.3) is 0 Å². The fourth-order valence-corrected chi connectivity index (χ4v) is 0.527. The second kappa shape index (κ2) is 3.71. The number of thioether (sulfide) groups is 1. The van der Waals surface area contributed by atoms with E-state index in [1.165, 1.54) is 0 Å².